The molecule has 0 saturated heterocycles. The monoisotopic (exact) mass is 414 g/mol. The zero-order valence-electron chi connectivity index (χ0n) is 17.1. The van der Waals surface area contributed by atoms with E-state index in [1.807, 2.05) is 32.0 Å². The van der Waals surface area contributed by atoms with Crippen LogP contribution in [-0.2, 0) is 14.3 Å². The maximum atomic E-state index is 12.8. The number of hydrogen-bond donors (Lipinski definition) is 0. The number of hydrogen-bond acceptors (Lipinski definition) is 6. The van der Waals surface area contributed by atoms with Crippen LogP contribution in [0.5, 0.6) is 5.75 Å². The number of anilines is 1. The summed E-state index contributed by atoms with van der Waals surface area (Å²) in [4.78, 5) is 32.7. The number of nitrogens with zero attached hydrogens (tertiary/aromatic N) is 2. The maximum Gasteiger partial charge on any atom is 0.329 e. The standard InChI is InChI=1S/C22H26N2O4S/c1-13(22(26)28-17-7-5-4-6-8-17)24-18-11-16(21-14(2)29-15(3)23-21)9-10-19(18)27-12-20(24)25/h9-11,13,17H,4-8,12H2,1-3H3. The summed E-state index contributed by atoms with van der Waals surface area (Å²) >= 11 is 1.64. The normalized spacial score (nSPS) is 18.2. The number of rotatable bonds is 4. The van der Waals surface area contributed by atoms with Crippen LogP contribution in [0.2, 0.25) is 0 Å². The minimum absolute atomic E-state index is 0.0405. The Balaban J connectivity index is 1.62. The van der Waals surface area contributed by atoms with E-state index in [4.69, 9.17) is 9.47 Å². The van der Waals surface area contributed by atoms with Crippen LogP contribution >= 0.6 is 11.3 Å². The van der Waals surface area contributed by atoms with Crippen molar-refractivity contribution in [1.29, 1.82) is 0 Å². The molecule has 1 amide bonds. The summed E-state index contributed by atoms with van der Waals surface area (Å²) in [5.41, 5.74) is 2.39. The van der Waals surface area contributed by atoms with Crippen LogP contribution in [0.1, 0.15) is 48.9 Å². The van der Waals surface area contributed by atoms with E-state index in [2.05, 4.69) is 4.98 Å². The zero-order valence-corrected chi connectivity index (χ0v) is 17.9. The molecule has 7 heteroatoms. The number of amides is 1. The predicted octanol–water partition coefficient (Wildman–Crippen LogP) is 4.42. The first-order valence-corrected chi connectivity index (χ1v) is 11.0. The summed E-state index contributed by atoms with van der Waals surface area (Å²) in [5.74, 6) is -0.00613. The third-order valence-corrected chi connectivity index (χ3v) is 6.46. The van der Waals surface area contributed by atoms with E-state index in [0.29, 0.717) is 11.4 Å². The van der Waals surface area contributed by atoms with Gasteiger partial charge in [-0.05, 0) is 64.7 Å². The van der Waals surface area contributed by atoms with Crippen molar-refractivity contribution in [3.63, 3.8) is 0 Å². The number of ether oxygens (including phenoxy) is 2. The van der Waals surface area contributed by atoms with Crippen LogP contribution in [0.25, 0.3) is 11.3 Å². The number of esters is 1. The second-order valence-electron chi connectivity index (χ2n) is 7.75. The van der Waals surface area contributed by atoms with Gasteiger partial charge in [0.1, 0.15) is 17.9 Å². The molecule has 6 nitrogen and oxygen atoms in total. The summed E-state index contributed by atoms with van der Waals surface area (Å²) in [7, 11) is 0. The Morgan fingerprint density at radius 1 is 1.28 bits per heavy atom. The average molecular weight is 415 g/mol. The molecule has 1 aromatic carbocycles. The van der Waals surface area contributed by atoms with Gasteiger partial charge in [-0.3, -0.25) is 9.69 Å². The zero-order chi connectivity index (χ0) is 20.5. The van der Waals surface area contributed by atoms with Gasteiger partial charge in [0.25, 0.3) is 5.91 Å². The van der Waals surface area contributed by atoms with Crippen molar-refractivity contribution in [2.45, 2.75) is 65.0 Å². The Labute approximate surface area is 174 Å². The third-order valence-electron chi connectivity index (χ3n) is 5.58. The van der Waals surface area contributed by atoms with Crippen LogP contribution in [0.4, 0.5) is 5.69 Å². The molecule has 154 valence electrons. The largest absolute Gasteiger partial charge is 0.482 e. The Hall–Kier alpha value is -2.41. The minimum Gasteiger partial charge on any atom is -0.482 e. The van der Waals surface area contributed by atoms with E-state index in [-0.39, 0.29) is 24.6 Å². The predicted molar refractivity (Wildman–Crippen MR) is 112 cm³/mol. The van der Waals surface area contributed by atoms with Gasteiger partial charge in [-0.2, -0.15) is 0 Å². The molecule has 1 aromatic heterocycles. The SMILES string of the molecule is Cc1nc(-c2ccc3c(c2)N(C(C)C(=O)OC2CCCCC2)C(=O)CO3)c(C)s1. The molecule has 4 rings (SSSR count). The number of carbonyl (C=O) groups excluding carboxylic acids is 2. The molecule has 0 bridgehead atoms. The molecule has 2 aliphatic rings. The highest BCUT2D eigenvalue weighted by Gasteiger charge is 2.35. The number of aromatic nitrogens is 1. The van der Waals surface area contributed by atoms with Crippen molar-refractivity contribution in [2.24, 2.45) is 0 Å². The molecule has 0 spiro atoms. The van der Waals surface area contributed by atoms with Crippen molar-refractivity contribution in [2.75, 3.05) is 11.5 Å². The molecule has 1 unspecified atom stereocenters. The van der Waals surface area contributed by atoms with Gasteiger partial charge in [-0.1, -0.05) is 6.42 Å². The number of benzene rings is 1. The van der Waals surface area contributed by atoms with Gasteiger partial charge in [-0.15, -0.1) is 11.3 Å². The van der Waals surface area contributed by atoms with Gasteiger partial charge < -0.3 is 9.47 Å². The lowest BCUT2D eigenvalue weighted by Gasteiger charge is -2.34. The molecule has 1 fully saturated rings. The molecular weight excluding hydrogens is 388 g/mol. The first-order valence-electron chi connectivity index (χ1n) is 10.2. The lowest BCUT2D eigenvalue weighted by atomic mass is 9.98. The van der Waals surface area contributed by atoms with E-state index >= 15 is 0 Å². The number of thiazole rings is 1. The van der Waals surface area contributed by atoms with Crippen LogP contribution in [0.3, 0.4) is 0 Å². The van der Waals surface area contributed by atoms with Crippen LogP contribution in [-0.4, -0.2) is 35.6 Å². The molecule has 0 radical (unpaired) electrons. The van der Waals surface area contributed by atoms with E-state index in [0.717, 1.165) is 46.8 Å². The Morgan fingerprint density at radius 2 is 2.03 bits per heavy atom. The van der Waals surface area contributed by atoms with Gasteiger partial charge in [0.15, 0.2) is 6.61 Å². The highest BCUT2D eigenvalue weighted by Crippen LogP contribution is 2.38. The third kappa shape index (κ3) is 4.01. The fraction of sp³-hybridized carbons (Fsp3) is 0.500. The fourth-order valence-corrected chi connectivity index (χ4v) is 4.93. The van der Waals surface area contributed by atoms with Gasteiger partial charge in [-0.25, -0.2) is 9.78 Å². The fourth-order valence-electron chi connectivity index (χ4n) is 4.09. The number of aryl methyl sites for hydroxylation is 2. The molecule has 2 aromatic rings. The highest BCUT2D eigenvalue weighted by molar-refractivity contribution is 7.11. The number of fused-ring (bicyclic) bond motifs is 1. The molecule has 29 heavy (non-hydrogen) atoms. The smallest absolute Gasteiger partial charge is 0.329 e. The molecular formula is C22H26N2O4S. The molecule has 1 aliphatic carbocycles. The summed E-state index contributed by atoms with van der Waals surface area (Å²) < 4.78 is 11.3. The second-order valence-corrected chi connectivity index (χ2v) is 9.15. The summed E-state index contributed by atoms with van der Waals surface area (Å²) in [6, 6.07) is 4.97. The van der Waals surface area contributed by atoms with Gasteiger partial charge >= 0.3 is 5.97 Å². The van der Waals surface area contributed by atoms with Crippen molar-refractivity contribution < 1.29 is 19.1 Å². The Kier molecular flexibility index (Phi) is 5.58. The lowest BCUT2D eigenvalue weighted by Crippen LogP contribution is -2.49. The summed E-state index contributed by atoms with van der Waals surface area (Å²) in [6.07, 6.45) is 5.12. The van der Waals surface area contributed by atoms with Crippen molar-refractivity contribution in [3.05, 3.63) is 28.1 Å². The van der Waals surface area contributed by atoms with E-state index in [1.165, 1.54) is 11.3 Å². The van der Waals surface area contributed by atoms with Crippen molar-refractivity contribution in [1.82, 2.24) is 4.98 Å². The topological polar surface area (TPSA) is 68.7 Å². The number of carbonyl (C=O) groups is 2. The van der Waals surface area contributed by atoms with Crippen molar-refractivity contribution >= 4 is 28.9 Å². The van der Waals surface area contributed by atoms with Gasteiger partial charge in [0.2, 0.25) is 0 Å². The molecule has 2 heterocycles. The van der Waals surface area contributed by atoms with Gasteiger partial charge in [0, 0.05) is 10.4 Å². The lowest BCUT2D eigenvalue weighted by molar-refractivity contribution is -0.152. The van der Waals surface area contributed by atoms with Gasteiger partial charge in [0.05, 0.1) is 16.4 Å². The van der Waals surface area contributed by atoms with Crippen LogP contribution in [0.15, 0.2) is 18.2 Å². The Bertz CT molecular complexity index is 933. The summed E-state index contributed by atoms with van der Waals surface area (Å²) in [6.45, 7) is 5.65. The van der Waals surface area contributed by atoms with E-state index in [1.54, 1.807) is 18.3 Å². The maximum absolute atomic E-state index is 12.8. The first kappa shape index (κ1) is 19.9. The minimum atomic E-state index is -0.708. The van der Waals surface area contributed by atoms with Crippen molar-refractivity contribution in [3.8, 4) is 17.0 Å². The van der Waals surface area contributed by atoms with E-state index < -0.39 is 6.04 Å². The highest BCUT2D eigenvalue weighted by atomic mass is 32.1. The Morgan fingerprint density at radius 3 is 2.72 bits per heavy atom. The molecule has 1 saturated carbocycles. The van der Waals surface area contributed by atoms with E-state index in [9.17, 15) is 9.59 Å². The van der Waals surface area contributed by atoms with Crippen LogP contribution < -0.4 is 9.64 Å². The quantitative estimate of drug-likeness (QED) is 0.693. The molecule has 1 atom stereocenters. The first-order chi connectivity index (χ1) is 13.9. The van der Waals surface area contributed by atoms with Crippen LogP contribution in [0, 0.1) is 13.8 Å². The second kappa shape index (κ2) is 8.14. The average Bonchev–Trinajstić information content (AvgIpc) is 3.05. The summed E-state index contributed by atoms with van der Waals surface area (Å²) in [5, 5.41) is 0.990. The molecule has 1 aliphatic heterocycles. The molecule has 0 N–H and O–H groups in total.